The highest BCUT2D eigenvalue weighted by atomic mass is 16.6. The Labute approximate surface area is 202 Å². The molecule has 0 aliphatic heterocycles. The maximum absolute atomic E-state index is 12.8. The molecule has 2 rings (SSSR count). The lowest BCUT2D eigenvalue weighted by Crippen LogP contribution is -2.37. The van der Waals surface area contributed by atoms with E-state index in [4.69, 9.17) is 14.2 Å². The van der Waals surface area contributed by atoms with Gasteiger partial charge in [-0.25, -0.2) is 9.59 Å². The van der Waals surface area contributed by atoms with E-state index in [-0.39, 0.29) is 6.09 Å². The van der Waals surface area contributed by atoms with Gasteiger partial charge in [0.2, 0.25) is 0 Å². The van der Waals surface area contributed by atoms with E-state index in [1.807, 2.05) is 37.3 Å². The summed E-state index contributed by atoms with van der Waals surface area (Å²) in [6.07, 6.45) is 3.29. The Kier molecular flexibility index (Phi) is 12.0. The molecule has 1 amide bonds. The first-order valence-electron chi connectivity index (χ1n) is 12.0. The quantitative estimate of drug-likeness (QED) is 0.346. The predicted octanol–water partition coefficient (Wildman–Crippen LogP) is 5.49. The molecule has 2 aromatic carbocycles. The third-order valence-corrected chi connectivity index (χ3v) is 5.45. The summed E-state index contributed by atoms with van der Waals surface area (Å²) >= 11 is 0. The number of unbranched alkanes of at least 4 members (excludes halogenated alkanes) is 3. The van der Waals surface area contributed by atoms with Crippen LogP contribution in [-0.2, 0) is 16.0 Å². The molecule has 1 atom stereocenters. The molecule has 0 aliphatic rings. The van der Waals surface area contributed by atoms with E-state index in [2.05, 4.69) is 6.92 Å². The van der Waals surface area contributed by atoms with E-state index < -0.39 is 12.1 Å². The van der Waals surface area contributed by atoms with Crippen LogP contribution in [0.2, 0.25) is 0 Å². The number of carbonyl (C=O) groups excluding carboxylic acids is 1. The largest absolute Gasteiger partial charge is 0.492 e. The van der Waals surface area contributed by atoms with E-state index in [1.165, 1.54) is 0 Å². The summed E-state index contributed by atoms with van der Waals surface area (Å²) in [5, 5.41) is 9.24. The molecule has 7 nitrogen and oxygen atoms in total. The number of aryl methyl sites for hydroxylation is 1. The third-order valence-electron chi connectivity index (χ3n) is 5.45. The standard InChI is InChI=1S/C27H37NO6/c1-4-6-7-10-17-28(27(31)34-24-12-9-8-11-21(24)3)18-19-33-23-15-13-22(14-16-23)20-25(26(29)30)32-5-2/h8-9,11-16,25H,4-7,10,17-20H2,1-3H3,(H,29,30). The Bertz CT molecular complexity index is 883. The maximum Gasteiger partial charge on any atom is 0.415 e. The number of hydrogen-bond acceptors (Lipinski definition) is 5. The van der Waals surface area contributed by atoms with Crippen molar-refractivity contribution in [2.45, 2.75) is 59.0 Å². The van der Waals surface area contributed by atoms with Gasteiger partial charge < -0.3 is 24.2 Å². The van der Waals surface area contributed by atoms with Gasteiger partial charge in [0.05, 0.1) is 6.54 Å². The van der Waals surface area contributed by atoms with Crippen molar-refractivity contribution >= 4 is 12.1 Å². The van der Waals surface area contributed by atoms with Crippen LogP contribution in [0.15, 0.2) is 48.5 Å². The Balaban J connectivity index is 1.91. The molecule has 0 aromatic heterocycles. The molecule has 0 saturated heterocycles. The summed E-state index contributed by atoms with van der Waals surface area (Å²) in [6.45, 7) is 7.53. The minimum absolute atomic E-state index is 0.291. The van der Waals surface area contributed by atoms with Gasteiger partial charge in [0.15, 0.2) is 6.10 Å². The van der Waals surface area contributed by atoms with Crippen LogP contribution in [0.5, 0.6) is 11.5 Å². The number of amides is 1. The number of hydrogen-bond donors (Lipinski definition) is 1. The molecule has 0 bridgehead atoms. The van der Waals surface area contributed by atoms with Crippen LogP contribution < -0.4 is 9.47 Å². The molecule has 0 heterocycles. The van der Waals surface area contributed by atoms with Crippen molar-refractivity contribution in [2.75, 3.05) is 26.3 Å². The van der Waals surface area contributed by atoms with Crippen LogP contribution in [0.25, 0.3) is 0 Å². The number of carboxylic acids is 1. The lowest BCUT2D eigenvalue weighted by atomic mass is 10.1. The number of ether oxygens (including phenoxy) is 3. The summed E-state index contributed by atoms with van der Waals surface area (Å²) in [5.74, 6) is 0.248. The molecular formula is C27H37NO6. The smallest absolute Gasteiger partial charge is 0.415 e. The zero-order valence-corrected chi connectivity index (χ0v) is 20.5. The Morgan fingerprint density at radius 2 is 1.71 bits per heavy atom. The van der Waals surface area contributed by atoms with Gasteiger partial charge >= 0.3 is 12.1 Å². The molecule has 0 radical (unpaired) electrons. The Hall–Kier alpha value is -3.06. The average molecular weight is 472 g/mol. The van der Waals surface area contributed by atoms with Crippen LogP contribution in [0.1, 0.15) is 50.7 Å². The van der Waals surface area contributed by atoms with E-state index >= 15 is 0 Å². The number of carboxylic acid groups (broad SMARTS) is 1. The molecule has 1 N–H and O–H groups in total. The molecule has 186 valence electrons. The molecule has 2 aromatic rings. The van der Waals surface area contributed by atoms with Gasteiger partial charge in [0.1, 0.15) is 18.1 Å². The summed E-state index contributed by atoms with van der Waals surface area (Å²) in [4.78, 5) is 25.8. The SMILES string of the molecule is CCCCCCN(CCOc1ccc(CC(OCC)C(=O)O)cc1)C(=O)Oc1ccccc1C. The first kappa shape index (κ1) is 27.2. The Morgan fingerprint density at radius 3 is 2.35 bits per heavy atom. The fourth-order valence-electron chi connectivity index (χ4n) is 3.48. The highest BCUT2D eigenvalue weighted by molar-refractivity contribution is 5.72. The fourth-order valence-corrected chi connectivity index (χ4v) is 3.48. The van der Waals surface area contributed by atoms with E-state index in [9.17, 15) is 14.7 Å². The molecule has 34 heavy (non-hydrogen) atoms. The minimum Gasteiger partial charge on any atom is -0.492 e. The number of nitrogens with zero attached hydrogens (tertiary/aromatic N) is 1. The molecule has 0 saturated carbocycles. The van der Waals surface area contributed by atoms with Gasteiger partial charge in [-0.1, -0.05) is 56.5 Å². The van der Waals surface area contributed by atoms with Crippen molar-refractivity contribution in [3.8, 4) is 11.5 Å². The summed E-state index contributed by atoms with van der Waals surface area (Å²) in [7, 11) is 0. The first-order valence-corrected chi connectivity index (χ1v) is 12.0. The van der Waals surface area contributed by atoms with Crippen molar-refractivity contribution in [2.24, 2.45) is 0 Å². The lowest BCUT2D eigenvalue weighted by Gasteiger charge is -2.22. The van der Waals surface area contributed by atoms with Gasteiger partial charge in [-0.05, 0) is 49.6 Å². The first-order chi connectivity index (χ1) is 16.4. The molecular weight excluding hydrogens is 434 g/mol. The molecule has 7 heteroatoms. The van der Waals surface area contributed by atoms with Crippen molar-refractivity contribution < 1.29 is 28.9 Å². The van der Waals surface area contributed by atoms with E-state index in [0.29, 0.717) is 44.2 Å². The zero-order chi connectivity index (χ0) is 24.8. The molecule has 0 aliphatic carbocycles. The second-order valence-corrected chi connectivity index (χ2v) is 8.16. The van der Waals surface area contributed by atoms with Gasteiger partial charge in [-0.3, -0.25) is 0 Å². The van der Waals surface area contributed by atoms with Crippen LogP contribution in [0.4, 0.5) is 4.79 Å². The normalized spacial score (nSPS) is 11.6. The fraction of sp³-hybridized carbons (Fsp3) is 0.481. The molecule has 0 fully saturated rings. The highest BCUT2D eigenvalue weighted by Crippen LogP contribution is 2.18. The van der Waals surface area contributed by atoms with E-state index in [0.717, 1.165) is 36.8 Å². The average Bonchev–Trinajstić information content (AvgIpc) is 2.82. The summed E-state index contributed by atoms with van der Waals surface area (Å²) in [5.41, 5.74) is 1.76. The van der Waals surface area contributed by atoms with Crippen LogP contribution in [0.3, 0.4) is 0 Å². The molecule has 1 unspecified atom stereocenters. The van der Waals surface area contributed by atoms with Crippen LogP contribution in [0, 0.1) is 6.92 Å². The zero-order valence-electron chi connectivity index (χ0n) is 20.5. The van der Waals surface area contributed by atoms with E-state index in [1.54, 1.807) is 30.0 Å². The topological polar surface area (TPSA) is 85.3 Å². The number of aliphatic carboxylic acids is 1. The van der Waals surface area contributed by atoms with Crippen molar-refractivity contribution in [3.63, 3.8) is 0 Å². The number of carbonyl (C=O) groups is 2. The highest BCUT2D eigenvalue weighted by Gasteiger charge is 2.18. The predicted molar refractivity (Wildman–Crippen MR) is 132 cm³/mol. The third kappa shape index (κ3) is 9.43. The van der Waals surface area contributed by atoms with Crippen molar-refractivity contribution in [3.05, 3.63) is 59.7 Å². The number of para-hydroxylation sites is 1. The van der Waals surface area contributed by atoms with Gasteiger partial charge in [0, 0.05) is 19.6 Å². The van der Waals surface area contributed by atoms with Gasteiger partial charge in [0.25, 0.3) is 0 Å². The Morgan fingerprint density at radius 1 is 0.971 bits per heavy atom. The second-order valence-electron chi connectivity index (χ2n) is 8.16. The van der Waals surface area contributed by atoms with Gasteiger partial charge in [-0.15, -0.1) is 0 Å². The van der Waals surface area contributed by atoms with Crippen molar-refractivity contribution in [1.29, 1.82) is 0 Å². The van der Waals surface area contributed by atoms with Crippen LogP contribution in [-0.4, -0.2) is 54.5 Å². The minimum atomic E-state index is -0.973. The van der Waals surface area contributed by atoms with Crippen molar-refractivity contribution in [1.82, 2.24) is 4.90 Å². The lowest BCUT2D eigenvalue weighted by molar-refractivity contribution is -0.149. The monoisotopic (exact) mass is 471 g/mol. The maximum atomic E-state index is 12.8. The summed E-state index contributed by atoms with van der Waals surface area (Å²) < 4.78 is 16.7. The number of benzene rings is 2. The van der Waals surface area contributed by atoms with Crippen LogP contribution >= 0.6 is 0 Å². The summed E-state index contributed by atoms with van der Waals surface area (Å²) in [6, 6.07) is 14.7. The number of rotatable bonds is 15. The molecule has 0 spiro atoms. The van der Waals surface area contributed by atoms with Gasteiger partial charge in [-0.2, -0.15) is 0 Å². The second kappa shape index (κ2) is 15.0.